The van der Waals surface area contributed by atoms with E-state index in [2.05, 4.69) is 0 Å². The van der Waals surface area contributed by atoms with Crippen molar-refractivity contribution in [3.8, 4) is 0 Å². The van der Waals surface area contributed by atoms with Crippen LogP contribution in [0.4, 0.5) is 5.69 Å². The average molecular weight is 271 g/mol. The Balaban J connectivity index is 2.35. The average Bonchev–Trinajstić information content (AvgIpc) is 2.36. The van der Waals surface area contributed by atoms with E-state index in [9.17, 15) is 4.21 Å². The van der Waals surface area contributed by atoms with Crippen molar-refractivity contribution in [3.05, 3.63) is 23.8 Å². The van der Waals surface area contributed by atoms with Gasteiger partial charge in [0.25, 0.3) is 0 Å². The highest BCUT2D eigenvalue weighted by atomic mass is 32.2. The highest BCUT2D eigenvalue weighted by Crippen LogP contribution is 2.18. The zero-order valence-electron chi connectivity index (χ0n) is 11.0. The number of methoxy groups -OCH3 is 1. The van der Waals surface area contributed by atoms with Crippen LogP contribution in [-0.2, 0) is 20.3 Å². The zero-order chi connectivity index (χ0) is 13.4. The van der Waals surface area contributed by atoms with Gasteiger partial charge in [-0.15, -0.1) is 0 Å². The fraction of sp³-hybridized carbons (Fsp3) is 0.538. The molecule has 5 heteroatoms. The molecule has 102 valence electrons. The zero-order valence-corrected chi connectivity index (χ0v) is 11.8. The summed E-state index contributed by atoms with van der Waals surface area (Å²) in [4.78, 5) is 0.801. The minimum atomic E-state index is -1.05. The van der Waals surface area contributed by atoms with E-state index in [1.807, 2.05) is 25.1 Å². The third kappa shape index (κ3) is 4.76. The summed E-state index contributed by atoms with van der Waals surface area (Å²) in [5, 5.41) is 0. The molecule has 4 nitrogen and oxygen atoms in total. The lowest BCUT2D eigenvalue weighted by atomic mass is 10.2. The third-order valence-electron chi connectivity index (χ3n) is 2.62. The quantitative estimate of drug-likeness (QED) is 0.578. The van der Waals surface area contributed by atoms with E-state index < -0.39 is 10.8 Å². The largest absolute Gasteiger partial charge is 0.398 e. The van der Waals surface area contributed by atoms with Gasteiger partial charge < -0.3 is 15.2 Å². The van der Waals surface area contributed by atoms with Gasteiger partial charge in [-0.3, -0.25) is 4.21 Å². The molecule has 0 saturated carbocycles. The second-order valence-electron chi connectivity index (χ2n) is 3.98. The number of hydrogen-bond donors (Lipinski definition) is 1. The van der Waals surface area contributed by atoms with E-state index in [1.54, 1.807) is 7.11 Å². The SMILES string of the molecule is COCCCOCCS(=O)c1cccc(N)c1C. The Morgan fingerprint density at radius 1 is 1.28 bits per heavy atom. The van der Waals surface area contributed by atoms with Crippen molar-refractivity contribution in [3.63, 3.8) is 0 Å². The van der Waals surface area contributed by atoms with Crippen molar-refractivity contribution < 1.29 is 13.7 Å². The summed E-state index contributed by atoms with van der Waals surface area (Å²) in [6, 6.07) is 5.50. The van der Waals surface area contributed by atoms with E-state index >= 15 is 0 Å². The molecular formula is C13H21NO3S. The van der Waals surface area contributed by atoms with Gasteiger partial charge in [0.2, 0.25) is 0 Å². The molecule has 0 fully saturated rings. The lowest BCUT2D eigenvalue weighted by Crippen LogP contribution is -2.09. The Bertz CT molecular complexity index is 396. The molecule has 1 unspecified atom stereocenters. The molecule has 0 heterocycles. The van der Waals surface area contributed by atoms with Crippen molar-refractivity contribution in [2.24, 2.45) is 0 Å². The van der Waals surface area contributed by atoms with Crippen LogP contribution in [-0.4, -0.2) is 36.9 Å². The predicted molar refractivity (Wildman–Crippen MR) is 74.2 cm³/mol. The number of hydrogen-bond acceptors (Lipinski definition) is 4. The highest BCUT2D eigenvalue weighted by Gasteiger charge is 2.08. The number of anilines is 1. The fourth-order valence-electron chi connectivity index (χ4n) is 1.53. The van der Waals surface area contributed by atoms with Crippen LogP contribution < -0.4 is 5.73 Å². The van der Waals surface area contributed by atoms with Gasteiger partial charge in [-0.25, -0.2) is 0 Å². The molecule has 0 radical (unpaired) electrons. The van der Waals surface area contributed by atoms with Gasteiger partial charge in [0.05, 0.1) is 23.2 Å². The molecular weight excluding hydrogens is 250 g/mol. The van der Waals surface area contributed by atoms with Crippen molar-refractivity contribution in [2.75, 3.05) is 38.4 Å². The van der Waals surface area contributed by atoms with Gasteiger partial charge >= 0.3 is 0 Å². The highest BCUT2D eigenvalue weighted by molar-refractivity contribution is 7.85. The molecule has 0 aromatic heterocycles. The normalized spacial score (nSPS) is 12.6. The second-order valence-corrected chi connectivity index (χ2v) is 5.52. The first-order valence-electron chi connectivity index (χ1n) is 5.97. The van der Waals surface area contributed by atoms with Crippen LogP contribution in [0.2, 0.25) is 0 Å². The minimum Gasteiger partial charge on any atom is -0.398 e. The molecule has 1 aromatic rings. The molecule has 1 aromatic carbocycles. The van der Waals surface area contributed by atoms with Crippen LogP contribution in [0.25, 0.3) is 0 Å². The number of ether oxygens (including phenoxy) is 2. The second kappa shape index (κ2) is 8.24. The first-order valence-corrected chi connectivity index (χ1v) is 7.29. The first kappa shape index (κ1) is 15.1. The number of rotatable bonds is 8. The van der Waals surface area contributed by atoms with Gasteiger partial charge in [0, 0.05) is 30.9 Å². The van der Waals surface area contributed by atoms with Crippen molar-refractivity contribution in [1.82, 2.24) is 0 Å². The van der Waals surface area contributed by atoms with Crippen LogP contribution in [0.5, 0.6) is 0 Å². The van der Waals surface area contributed by atoms with Gasteiger partial charge in [0.15, 0.2) is 0 Å². The Labute approximate surface area is 111 Å². The van der Waals surface area contributed by atoms with Crippen LogP contribution in [0, 0.1) is 6.92 Å². The van der Waals surface area contributed by atoms with E-state index in [0.717, 1.165) is 16.9 Å². The summed E-state index contributed by atoms with van der Waals surface area (Å²) in [6.45, 7) is 3.71. The maximum Gasteiger partial charge on any atom is 0.0585 e. The summed E-state index contributed by atoms with van der Waals surface area (Å²) >= 11 is 0. The molecule has 1 atom stereocenters. The van der Waals surface area contributed by atoms with E-state index in [4.69, 9.17) is 15.2 Å². The minimum absolute atomic E-state index is 0.491. The molecule has 0 bridgehead atoms. The van der Waals surface area contributed by atoms with Crippen LogP contribution in [0.15, 0.2) is 23.1 Å². The van der Waals surface area contributed by atoms with Gasteiger partial charge in [-0.1, -0.05) is 6.07 Å². The van der Waals surface area contributed by atoms with E-state index in [1.165, 1.54) is 0 Å². The smallest absolute Gasteiger partial charge is 0.0585 e. The maximum atomic E-state index is 12.1. The van der Waals surface area contributed by atoms with Crippen LogP contribution >= 0.6 is 0 Å². The van der Waals surface area contributed by atoms with Gasteiger partial charge in [0.1, 0.15) is 0 Å². The van der Waals surface area contributed by atoms with E-state index in [0.29, 0.717) is 31.3 Å². The summed E-state index contributed by atoms with van der Waals surface area (Å²) in [5.41, 5.74) is 7.37. The van der Waals surface area contributed by atoms with Crippen molar-refractivity contribution in [1.29, 1.82) is 0 Å². The Morgan fingerprint density at radius 3 is 2.78 bits per heavy atom. The number of nitrogens with two attached hydrogens (primary N) is 1. The Kier molecular flexibility index (Phi) is 6.93. The van der Waals surface area contributed by atoms with Crippen LogP contribution in [0.1, 0.15) is 12.0 Å². The number of nitrogen functional groups attached to an aromatic ring is 1. The lowest BCUT2D eigenvalue weighted by Gasteiger charge is -2.08. The molecule has 0 aliphatic carbocycles. The fourth-order valence-corrected chi connectivity index (χ4v) is 2.71. The molecule has 0 aliphatic rings. The van der Waals surface area contributed by atoms with Crippen molar-refractivity contribution in [2.45, 2.75) is 18.2 Å². The topological polar surface area (TPSA) is 61.5 Å². The molecule has 0 aliphatic heterocycles. The molecule has 0 spiro atoms. The van der Waals surface area contributed by atoms with Crippen LogP contribution in [0.3, 0.4) is 0 Å². The standard InChI is InChI=1S/C13H21NO3S/c1-11-12(14)5-3-6-13(11)18(15)10-9-17-8-4-7-16-2/h3,5-6H,4,7-10,14H2,1-2H3. The monoisotopic (exact) mass is 271 g/mol. The maximum absolute atomic E-state index is 12.1. The first-order chi connectivity index (χ1) is 8.66. The van der Waals surface area contributed by atoms with Gasteiger partial charge in [-0.2, -0.15) is 0 Å². The van der Waals surface area contributed by atoms with Gasteiger partial charge in [-0.05, 0) is 31.0 Å². The lowest BCUT2D eigenvalue weighted by molar-refractivity contribution is 0.112. The van der Waals surface area contributed by atoms with Crippen molar-refractivity contribution >= 4 is 16.5 Å². The van der Waals surface area contributed by atoms with E-state index in [-0.39, 0.29) is 0 Å². The predicted octanol–water partition coefficient (Wildman–Crippen LogP) is 1.74. The molecule has 2 N–H and O–H groups in total. The molecule has 0 amide bonds. The molecule has 1 rings (SSSR count). The summed E-state index contributed by atoms with van der Waals surface area (Å²) in [5.74, 6) is 0.497. The summed E-state index contributed by atoms with van der Waals surface area (Å²) in [6.07, 6.45) is 0.862. The summed E-state index contributed by atoms with van der Waals surface area (Å²) in [7, 11) is 0.616. The third-order valence-corrected chi connectivity index (χ3v) is 4.09. The Hall–Kier alpha value is -0.910. The Morgan fingerprint density at radius 2 is 2.06 bits per heavy atom. The molecule has 18 heavy (non-hydrogen) atoms. The summed E-state index contributed by atoms with van der Waals surface area (Å²) < 4.78 is 22.4. The molecule has 0 saturated heterocycles. The number of benzene rings is 1.